The van der Waals surface area contributed by atoms with Crippen LogP contribution in [0.5, 0.6) is 0 Å². The fourth-order valence-electron chi connectivity index (χ4n) is 2.55. The maximum Gasteiger partial charge on any atom is 0.0528 e. The molecule has 1 aromatic heterocycles. The topological polar surface area (TPSA) is 12.9 Å². The van der Waals surface area contributed by atoms with E-state index in [4.69, 9.17) is 0 Å². The SMILES string of the molecule is Cc1cc2c(cc1C)-c1c(C)ccnc1C2. The molecule has 0 aliphatic heterocycles. The summed E-state index contributed by atoms with van der Waals surface area (Å²) in [5, 5.41) is 0. The van der Waals surface area contributed by atoms with E-state index in [1.165, 1.54) is 39.1 Å². The van der Waals surface area contributed by atoms with Gasteiger partial charge in [0.2, 0.25) is 0 Å². The van der Waals surface area contributed by atoms with Gasteiger partial charge in [0.05, 0.1) is 5.69 Å². The van der Waals surface area contributed by atoms with Crippen LogP contribution in [-0.2, 0) is 6.42 Å². The lowest BCUT2D eigenvalue weighted by molar-refractivity contribution is 1.11. The van der Waals surface area contributed by atoms with Gasteiger partial charge in [0.25, 0.3) is 0 Å². The maximum absolute atomic E-state index is 4.49. The normalized spacial score (nSPS) is 12.4. The van der Waals surface area contributed by atoms with E-state index in [1.54, 1.807) is 0 Å². The van der Waals surface area contributed by atoms with Gasteiger partial charge in [-0.15, -0.1) is 0 Å². The number of benzene rings is 1. The smallest absolute Gasteiger partial charge is 0.0528 e. The second-order valence-corrected chi connectivity index (χ2v) is 4.72. The zero-order valence-corrected chi connectivity index (χ0v) is 9.96. The van der Waals surface area contributed by atoms with Crippen LogP contribution in [0.25, 0.3) is 11.1 Å². The van der Waals surface area contributed by atoms with E-state index in [-0.39, 0.29) is 0 Å². The summed E-state index contributed by atoms with van der Waals surface area (Å²) in [7, 11) is 0. The largest absolute Gasteiger partial charge is 0.260 e. The number of aromatic nitrogens is 1. The predicted octanol–water partition coefficient (Wildman–Crippen LogP) is 3.58. The highest BCUT2D eigenvalue weighted by atomic mass is 14.7. The molecule has 1 heteroatoms. The van der Waals surface area contributed by atoms with Crippen molar-refractivity contribution in [2.75, 3.05) is 0 Å². The van der Waals surface area contributed by atoms with Gasteiger partial charge < -0.3 is 0 Å². The molecule has 0 N–H and O–H groups in total. The highest BCUT2D eigenvalue weighted by Crippen LogP contribution is 2.38. The van der Waals surface area contributed by atoms with Gasteiger partial charge in [-0.05, 0) is 54.7 Å². The van der Waals surface area contributed by atoms with Gasteiger partial charge in [0.15, 0.2) is 0 Å². The first-order valence-corrected chi connectivity index (χ1v) is 5.72. The molecule has 0 fully saturated rings. The third kappa shape index (κ3) is 1.21. The Morgan fingerprint density at radius 2 is 1.75 bits per heavy atom. The molecular formula is C15H15N. The number of fused-ring (bicyclic) bond motifs is 3. The second-order valence-electron chi connectivity index (χ2n) is 4.72. The monoisotopic (exact) mass is 209 g/mol. The molecule has 1 aliphatic rings. The fourth-order valence-corrected chi connectivity index (χ4v) is 2.55. The maximum atomic E-state index is 4.49. The van der Waals surface area contributed by atoms with Gasteiger partial charge in [-0.1, -0.05) is 12.1 Å². The molecule has 0 spiro atoms. The minimum Gasteiger partial charge on any atom is -0.260 e. The van der Waals surface area contributed by atoms with Gasteiger partial charge in [0.1, 0.15) is 0 Å². The van der Waals surface area contributed by atoms with E-state index in [9.17, 15) is 0 Å². The average molecular weight is 209 g/mol. The molecule has 0 atom stereocenters. The number of rotatable bonds is 0. The minimum absolute atomic E-state index is 0.994. The minimum atomic E-state index is 0.994. The predicted molar refractivity (Wildman–Crippen MR) is 66.7 cm³/mol. The summed E-state index contributed by atoms with van der Waals surface area (Å²) in [6.45, 7) is 6.53. The first-order chi connectivity index (χ1) is 7.66. The van der Waals surface area contributed by atoms with Crippen molar-refractivity contribution in [2.45, 2.75) is 27.2 Å². The summed E-state index contributed by atoms with van der Waals surface area (Å²) in [5.41, 5.74) is 9.51. The molecule has 3 rings (SSSR count). The summed E-state index contributed by atoms with van der Waals surface area (Å²) in [5.74, 6) is 0. The van der Waals surface area contributed by atoms with Crippen molar-refractivity contribution >= 4 is 0 Å². The van der Waals surface area contributed by atoms with Crippen molar-refractivity contribution in [3.8, 4) is 11.1 Å². The van der Waals surface area contributed by atoms with Gasteiger partial charge in [0, 0.05) is 18.2 Å². The lowest BCUT2D eigenvalue weighted by Crippen LogP contribution is -1.87. The Morgan fingerprint density at radius 3 is 2.56 bits per heavy atom. The Bertz CT molecular complexity index is 582. The van der Waals surface area contributed by atoms with Crippen LogP contribution in [0.3, 0.4) is 0 Å². The molecular weight excluding hydrogens is 194 g/mol. The number of nitrogens with zero attached hydrogens (tertiary/aromatic N) is 1. The van der Waals surface area contributed by atoms with Gasteiger partial charge >= 0.3 is 0 Å². The van der Waals surface area contributed by atoms with Crippen molar-refractivity contribution in [3.63, 3.8) is 0 Å². The van der Waals surface area contributed by atoms with Gasteiger partial charge in [-0.25, -0.2) is 0 Å². The highest BCUT2D eigenvalue weighted by Gasteiger charge is 2.21. The van der Waals surface area contributed by atoms with E-state index >= 15 is 0 Å². The molecule has 80 valence electrons. The van der Waals surface area contributed by atoms with Crippen LogP contribution < -0.4 is 0 Å². The number of hydrogen-bond donors (Lipinski definition) is 0. The highest BCUT2D eigenvalue weighted by molar-refractivity contribution is 5.78. The Hall–Kier alpha value is -1.63. The average Bonchev–Trinajstić information content (AvgIpc) is 2.58. The third-order valence-electron chi connectivity index (χ3n) is 3.58. The lowest BCUT2D eigenvalue weighted by Gasteiger charge is -2.07. The third-order valence-corrected chi connectivity index (χ3v) is 3.58. The van der Waals surface area contributed by atoms with Crippen molar-refractivity contribution in [1.29, 1.82) is 0 Å². The Morgan fingerprint density at radius 1 is 1.00 bits per heavy atom. The van der Waals surface area contributed by atoms with Crippen LogP contribution in [0.1, 0.15) is 27.9 Å². The van der Waals surface area contributed by atoms with E-state index in [1.807, 2.05) is 6.20 Å². The zero-order chi connectivity index (χ0) is 11.3. The van der Waals surface area contributed by atoms with Crippen molar-refractivity contribution in [3.05, 3.63) is 52.3 Å². The molecule has 0 bridgehead atoms. The molecule has 1 aliphatic carbocycles. The van der Waals surface area contributed by atoms with Crippen LogP contribution in [0, 0.1) is 20.8 Å². The fraction of sp³-hybridized carbons (Fsp3) is 0.267. The molecule has 0 saturated heterocycles. The molecule has 0 saturated carbocycles. The lowest BCUT2D eigenvalue weighted by atomic mass is 9.98. The zero-order valence-electron chi connectivity index (χ0n) is 9.96. The van der Waals surface area contributed by atoms with E-state index in [0.717, 1.165) is 6.42 Å². The number of pyridine rings is 1. The Balaban J connectivity index is 2.32. The Labute approximate surface area is 96.2 Å². The van der Waals surface area contributed by atoms with Gasteiger partial charge in [-0.2, -0.15) is 0 Å². The van der Waals surface area contributed by atoms with Crippen LogP contribution in [0.2, 0.25) is 0 Å². The molecule has 0 amide bonds. The quantitative estimate of drug-likeness (QED) is 0.551. The summed E-state index contributed by atoms with van der Waals surface area (Å²) >= 11 is 0. The van der Waals surface area contributed by atoms with Crippen LogP contribution in [-0.4, -0.2) is 4.98 Å². The van der Waals surface area contributed by atoms with Crippen LogP contribution in [0.15, 0.2) is 24.4 Å². The summed E-state index contributed by atoms with van der Waals surface area (Å²) in [6, 6.07) is 6.72. The first kappa shape index (κ1) is 9.59. The summed E-state index contributed by atoms with van der Waals surface area (Å²) < 4.78 is 0. The molecule has 0 unspecified atom stereocenters. The molecule has 0 radical (unpaired) electrons. The van der Waals surface area contributed by atoms with Crippen LogP contribution in [0.4, 0.5) is 0 Å². The Kier molecular flexibility index (Phi) is 1.90. The molecule has 2 aromatic rings. The summed E-state index contributed by atoms with van der Waals surface area (Å²) in [4.78, 5) is 4.49. The standard InChI is InChI=1S/C15H15N/c1-9-4-5-16-14-8-12-6-10(2)11(3)7-13(12)15(9)14/h4-7H,8H2,1-3H3. The first-order valence-electron chi connectivity index (χ1n) is 5.72. The van der Waals surface area contributed by atoms with Crippen molar-refractivity contribution in [2.24, 2.45) is 0 Å². The number of hydrogen-bond acceptors (Lipinski definition) is 1. The molecule has 1 aromatic carbocycles. The molecule has 16 heavy (non-hydrogen) atoms. The van der Waals surface area contributed by atoms with Crippen LogP contribution >= 0.6 is 0 Å². The molecule has 1 heterocycles. The van der Waals surface area contributed by atoms with Gasteiger partial charge in [-0.3, -0.25) is 4.98 Å². The van der Waals surface area contributed by atoms with Crippen molar-refractivity contribution in [1.82, 2.24) is 4.98 Å². The number of aryl methyl sites for hydroxylation is 3. The van der Waals surface area contributed by atoms with Crippen molar-refractivity contribution < 1.29 is 0 Å². The van der Waals surface area contributed by atoms with E-state index in [0.29, 0.717) is 0 Å². The molecule has 1 nitrogen and oxygen atoms in total. The van der Waals surface area contributed by atoms with E-state index in [2.05, 4.69) is 44.0 Å². The second kappa shape index (κ2) is 3.18. The van der Waals surface area contributed by atoms with E-state index < -0.39 is 0 Å². The summed E-state index contributed by atoms with van der Waals surface area (Å²) in [6.07, 6.45) is 2.91.